The first kappa shape index (κ1) is 13.1. The number of fused-ring (bicyclic) bond motifs is 1. The molecule has 2 aliphatic carbocycles. The van der Waals surface area contributed by atoms with Crippen molar-refractivity contribution in [2.45, 2.75) is 39.5 Å². The lowest BCUT2D eigenvalue weighted by Gasteiger charge is -2.18. The number of carbonyl (C=O) groups is 2. The van der Waals surface area contributed by atoms with Gasteiger partial charge in [0.15, 0.2) is 5.78 Å². The number of hydrogen-bond acceptors (Lipinski definition) is 2. The first-order chi connectivity index (χ1) is 8.41. The van der Waals surface area contributed by atoms with Crippen molar-refractivity contribution in [3.63, 3.8) is 0 Å². The number of carboxylic acids is 1. The minimum atomic E-state index is -0.909. The first-order valence-corrected chi connectivity index (χ1v) is 6.56. The number of Topliss-reactive ketones (excluding diaryl/α,β-unsaturated/α-hetero) is 1. The molecule has 0 saturated heterocycles. The maximum Gasteiger partial charge on any atom is 0.331 e. The summed E-state index contributed by atoms with van der Waals surface area (Å²) in [7, 11) is 0. The van der Waals surface area contributed by atoms with E-state index in [0.29, 0.717) is 30.3 Å². The number of rotatable bonds is 2. The molecule has 1 saturated carbocycles. The van der Waals surface area contributed by atoms with E-state index in [-0.39, 0.29) is 11.7 Å². The van der Waals surface area contributed by atoms with Gasteiger partial charge in [-0.3, -0.25) is 4.79 Å². The summed E-state index contributed by atoms with van der Waals surface area (Å²) in [6, 6.07) is 0. The summed E-state index contributed by atoms with van der Waals surface area (Å²) in [6.07, 6.45) is 3.17. The van der Waals surface area contributed by atoms with Gasteiger partial charge in [-0.2, -0.15) is 0 Å². The van der Waals surface area contributed by atoms with Crippen LogP contribution in [0.25, 0.3) is 0 Å². The monoisotopic (exact) mass is 248 g/mol. The summed E-state index contributed by atoms with van der Waals surface area (Å²) in [5, 5.41) is 9.07. The zero-order chi connectivity index (χ0) is 13.4. The topological polar surface area (TPSA) is 54.4 Å². The van der Waals surface area contributed by atoms with Gasteiger partial charge in [0.2, 0.25) is 0 Å². The number of hydrogen-bond donors (Lipinski definition) is 1. The van der Waals surface area contributed by atoms with Crippen LogP contribution in [0.4, 0.5) is 0 Å². The van der Waals surface area contributed by atoms with Crippen molar-refractivity contribution >= 4 is 11.8 Å². The van der Waals surface area contributed by atoms with E-state index in [4.69, 9.17) is 5.11 Å². The molecule has 2 aliphatic rings. The Bertz CT molecular complexity index is 445. The average molecular weight is 248 g/mol. The molecule has 3 heteroatoms. The third kappa shape index (κ3) is 2.14. The van der Waals surface area contributed by atoms with Crippen LogP contribution in [-0.4, -0.2) is 16.9 Å². The maximum atomic E-state index is 11.8. The molecule has 1 N–H and O–H groups in total. The maximum absolute atomic E-state index is 11.8. The normalized spacial score (nSPS) is 32.1. The van der Waals surface area contributed by atoms with Crippen LogP contribution >= 0.6 is 0 Å². The predicted octanol–water partition coefficient (Wildman–Crippen LogP) is 2.97. The summed E-state index contributed by atoms with van der Waals surface area (Å²) in [4.78, 5) is 22.9. The Morgan fingerprint density at radius 3 is 2.61 bits per heavy atom. The van der Waals surface area contributed by atoms with Crippen LogP contribution in [0.15, 0.2) is 23.3 Å². The molecule has 1 fully saturated rings. The van der Waals surface area contributed by atoms with Crippen molar-refractivity contribution < 1.29 is 14.7 Å². The van der Waals surface area contributed by atoms with Crippen molar-refractivity contribution in [3.05, 3.63) is 23.3 Å². The van der Waals surface area contributed by atoms with E-state index in [1.807, 2.05) is 6.92 Å². The lowest BCUT2D eigenvalue weighted by molar-refractivity contribution is -0.133. The van der Waals surface area contributed by atoms with Gasteiger partial charge in [0.05, 0.1) is 0 Å². The van der Waals surface area contributed by atoms with Crippen molar-refractivity contribution in [1.29, 1.82) is 0 Å². The molecule has 0 amide bonds. The summed E-state index contributed by atoms with van der Waals surface area (Å²) >= 11 is 0. The minimum absolute atomic E-state index is 0.00852. The Morgan fingerprint density at radius 1 is 1.33 bits per heavy atom. The van der Waals surface area contributed by atoms with E-state index in [0.717, 1.165) is 18.4 Å². The van der Waals surface area contributed by atoms with Crippen LogP contribution in [0, 0.1) is 17.8 Å². The molecule has 0 unspecified atom stereocenters. The van der Waals surface area contributed by atoms with Crippen LogP contribution in [0.3, 0.4) is 0 Å². The molecule has 0 spiro atoms. The summed E-state index contributed by atoms with van der Waals surface area (Å²) in [6.45, 7) is 7.75. The third-order valence-corrected chi connectivity index (χ3v) is 4.64. The van der Waals surface area contributed by atoms with Gasteiger partial charge in [0.25, 0.3) is 0 Å². The smallest absolute Gasteiger partial charge is 0.331 e. The first-order valence-electron chi connectivity index (χ1n) is 6.56. The average Bonchev–Trinajstić information content (AvgIpc) is 2.50. The number of ketones is 1. The quantitative estimate of drug-likeness (QED) is 0.764. The predicted molar refractivity (Wildman–Crippen MR) is 69.1 cm³/mol. The van der Waals surface area contributed by atoms with Crippen LogP contribution in [-0.2, 0) is 9.59 Å². The SMILES string of the molecule is C=C(C(=O)O)[C@H]1CC[C@@H](C)[C@H]2CC(=O)C(C)=C2C1. The fourth-order valence-electron chi connectivity index (χ4n) is 3.29. The van der Waals surface area contributed by atoms with Crippen molar-refractivity contribution in [3.8, 4) is 0 Å². The van der Waals surface area contributed by atoms with Crippen LogP contribution in [0.5, 0.6) is 0 Å². The van der Waals surface area contributed by atoms with E-state index < -0.39 is 5.97 Å². The van der Waals surface area contributed by atoms with Crippen LogP contribution < -0.4 is 0 Å². The Labute approximate surface area is 108 Å². The number of carboxylic acid groups (broad SMARTS) is 1. The lowest BCUT2D eigenvalue weighted by atomic mass is 9.86. The molecule has 3 nitrogen and oxygen atoms in total. The Hall–Kier alpha value is -1.38. The molecule has 0 aliphatic heterocycles. The van der Waals surface area contributed by atoms with Gasteiger partial charge in [-0.05, 0) is 49.5 Å². The van der Waals surface area contributed by atoms with Crippen molar-refractivity contribution in [2.24, 2.45) is 17.8 Å². The highest BCUT2D eigenvalue weighted by Gasteiger charge is 2.37. The fraction of sp³-hybridized carbons (Fsp3) is 0.600. The van der Waals surface area contributed by atoms with Crippen LogP contribution in [0.1, 0.15) is 39.5 Å². The molecule has 0 bridgehead atoms. The van der Waals surface area contributed by atoms with Crippen LogP contribution in [0.2, 0.25) is 0 Å². The summed E-state index contributed by atoms with van der Waals surface area (Å²) < 4.78 is 0. The minimum Gasteiger partial charge on any atom is -0.478 e. The molecule has 0 heterocycles. The summed E-state index contributed by atoms with van der Waals surface area (Å²) in [5.41, 5.74) is 2.36. The summed E-state index contributed by atoms with van der Waals surface area (Å²) in [5.74, 6) is 0.125. The molecule has 0 radical (unpaired) electrons. The number of aliphatic carboxylic acids is 1. The van der Waals surface area contributed by atoms with Gasteiger partial charge in [0, 0.05) is 12.0 Å². The molecular weight excluding hydrogens is 228 g/mol. The second kappa shape index (κ2) is 4.71. The van der Waals surface area contributed by atoms with Gasteiger partial charge >= 0.3 is 5.97 Å². The molecular formula is C15H20O3. The highest BCUT2D eigenvalue weighted by atomic mass is 16.4. The Morgan fingerprint density at radius 2 is 2.00 bits per heavy atom. The fourth-order valence-corrected chi connectivity index (χ4v) is 3.29. The molecule has 18 heavy (non-hydrogen) atoms. The molecule has 98 valence electrons. The van der Waals surface area contributed by atoms with Gasteiger partial charge in [-0.25, -0.2) is 4.79 Å². The van der Waals surface area contributed by atoms with E-state index in [1.165, 1.54) is 5.57 Å². The Kier molecular flexibility index (Phi) is 3.42. The highest BCUT2D eigenvalue weighted by Crippen LogP contribution is 2.45. The van der Waals surface area contributed by atoms with Gasteiger partial charge in [-0.1, -0.05) is 19.1 Å². The van der Waals surface area contributed by atoms with E-state index in [9.17, 15) is 9.59 Å². The standard InChI is InChI=1S/C15H20O3/c1-8-4-5-11(9(2)15(17)18)6-13-10(3)14(16)7-12(8)13/h8,11-12H,2,4-7H2,1,3H3,(H,17,18)/t8-,11+,12-/m1/s1. The van der Waals surface area contributed by atoms with E-state index in [2.05, 4.69) is 13.5 Å². The number of allylic oxidation sites excluding steroid dienone is 2. The zero-order valence-electron chi connectivity index (χ0n) is 11.0. The van der Waals surface area contributed by atoms with Crippen molar-refractivity contribution in [2.75, 3.05) is 0 Å². The van der Waals surface area contributed by atoms with Gasteiger partial charge in [-0.15, -0.1) is 0 Å². The third-order valence-electron chi connectivity index (χ3n) is 4.64. The van der Waals surface area contributed by atoms with Crippen molar-refractivity contribution in [1.82, 2.24) is 0 Å². The lowest BCUT2D eigenvalue weighted by Crippen LogP contribution is -2.12. The largest absolute Gasteiger partial charge is 0.478 e. The van der Waals surface area contributed by atoms with E-state index >= 15 is 0 Å². The molecule has 3 atom stereocenters. The highest BCUT2D eigenvalue weighted by molar-refractivity contribution is 5.98. The zero-order valence-corrected chi connectivity index (χ0v) is 11.0. The second-order valence-corrected chi connectivity index (χ2v) is 5.67. The molecule has 0 aromatic carbocycles. The second-order valence-electron chi connectivity index (χ2n) is 5.67. The van der Waals surface area contributed by atoms with Gasteiger partial charge < -0.3 is 5.11 Å². The number of carbonyl (C=O) groups excluding carboxylic acids is 1. The Balaban J connectivity index is 2.29. The molecule has 2 rings (SSSR count). The molecule has 0 aromatic rings. The molecule has 0 aromatic heterocycles. The van der Waals surface area contributed by atoms with Gasteiger partial charge in [0.1, 0.15) is 0 Å². The van der Waals surface area contributed by atoms with E-state index in [1.54, 1.807) is 0 Å².